The van der Waals surface area contributed by atoms with Crippen molar-refractivity contribution >= 4 is 11.6 Å². The molecule has 0 bridgehead atoms. The van der Waals surface area contributed by atoms with E-state index in [0.717, 1.165) is 5.56 Å². The maximum Gasteiger partial charge on any atom is 0.272 e. The van der Waals surface area contributed by atoms with Gasteiger partial charge in [0.15, 0.2) is 0 Å². The van der Waals surface area contributed by atoms with Crippen LogP contribution in [0.4, 0.5) is 5.69 Å². The maximum absolute atomic E-state index is 12.2. The van der Waals surface area contributed by atoms with Crippen LogP contribution in [0.25, 0.3) is 0 Å². The fraction of sp³-hybridized carbons (Fsp3) is 0.154. The highest BCUT2D eigenvalue weighted by Gasteiger charge is 2.13. The lowest BCUT2D eigenvalue weighted by Crippen LogP contribution is -2.27. The summed E-state index contributed by atoms with van der Waals surface area (Å²) in [6.45, 7) is 0.481. The zero-order chi connectivity index (χ0) is 13.7. The Morgan fingerprint density at radius 1 is 1.42 bits per heavy atom. The molecule has 0 saturated carbocycles. The average Bonchev–Trinajstić information content (AvgIpc) is 2.47. The minimum atomic E-state index is -0.166. The van der Waals surface area contributed by atoms with Crippen molar-refractivity contribution in [3.8, 4) is 0 Å². The van der Waals surface area contributed by atoms with Crippen LogP contribution < -0.4 is 11.3 Å². The van der Waals surface area contributed by atoms with Gasteiger partial charge < -0.3 is 10.3 Å². The second kappa shape index (κ2) is 5.92. The number of hydrogen-bond donors (Lipinski definition) is 2. The van der Waals surface area contributed by atoms with Crippen LogP contribution in [-0.4, -0.2) is 27.8 Å². The molecule has 0 spiro atoms. The zero-order valence-corrected chi connectivity index (χ0v) is 10.6. The molecule has 0 radical (unpaired) electrons. The molecule has 0 atom stereocenters. The maximum atomic E-state index is 12.2. The van der Waals surface area contributed by atoms with Crippen molar-refractivity contribution in [3.05, 3.63) is 54.1 Å². The molecule has 3 N–H and O–H groups in total. The van der Waals surface area contributed by atoms with Gasteiger partial charge in [0.1, 0.15) is 5.69 Å². The van der Waals surface area contributed by atoms with E-state index in [-0.39, 0.29) is 5.91 Å². The topological polar surface area (TPSA) is 84.1 Å². The van der Waals surface area contributed by atoms with Crippen molar-refractivity contribution in [2.45, 2.75) is 6.54 Å². The predicted octanol–water partition coefficient (Wildman–Crippen LogP) is 1.03. The molecule has 2 aromatic rings. The third-order valence-electron chi connectivity index (χ3n) is 2.63. The van der Waals surface area contributed by atoms with Crippen LogP contribution in [0.1, 0.15) is 16.1 Å². The van der Waals surface area contributed by atoms with Crippen LogP contribution in [0.2, 0.25) is 0 Å². The number of pyridine rings is 2. The molecule has 2 aromatic heterocycles. The Bertz CT molecular complexity index is 558. The highest BCUT2D eigenvalue weighted by atomic mass is 16.2. The van der Waals surface area contributed by atoms with Crippen molar-refractivity contribution in [1.82, 2.24) is 14.9 Å². The molecule has 0 saturated heterocycles. The molecule has 0 aliphatic heterocycles. The molecule has 0 aromatic carbocycles. The Labute approximate surface area is 111 Å². The number of nitrogens with two attached hydrogens (primary N) is 1. The highest BCUT2D eigenvalue weighted by molar-refractivity contribution is 5.92. The molecule has 6 heteroatoms. The summed E-state index contributed by atoms with van der Waals surface area (Å²) in [6.07, 6.45) is 4.97. The summed E-state index contributed by atoms with van der Waals surface area (Å²) in [6, 6.07) is 7.06. The number of hydrogen-bond acceptors (Lipinski definition) is 5. The Morgan fingerprint density at radius 3 is 2.95 bits per heavy atom. The van der Waals surface area contributed by atoms with Gasteiger partial charge in [-0.25, -0.2) is 0 Å². The molecule has 2 heterocycles. The van der Waals surface area contributed by atoms with E-state index in [1.165, 1.54) is 0 Å². The van der Waals surface area contributed by atoms with E-state index < -0.39 is 0 Å². The first-order valence-corrected chi connectivity index (χ1v) is 5.77. The molecule has 19 heavy (non-hydrogen) atoms. The average molecular weight is 257 g/mol. The van der Waals surface area contributed by atoms with Crippen molar-refractivity contribution in [3.63, 3.8) is 0 Å². The van der Waals surface area contributed by atoms with Crippen LogP contribution >= 0.6 is 0 Å². The van der Waals surface area contributed by atoms with Gasteiger partial charge in [-0.3, -0.25) is 20.6 Å². The molecule has 0 fully saturated rings. The molecular weight excluding hydrogens is 242 g/mol. The summed E-state index contributed by atoms with van der Waals surface area (Å²) < 4.78 is 0. The Morgan fingerprint density at radius 2 is 2.26 bits per heavy atom. The number of nitrogens with zero attached hydrogens (tertiary/aromatic N) is 3. The SMILES string of the molecule is CN(Cc1cccnc1)C(=O)c1cc(NN)ccn1. The van der Waals surface area contributed by atoms with Crippen molar-refractivity contribution < 1.29 is 4.79 Å². The van der Waals surface area contributed by atoms with Crippen molar-refractivity contribution in [1.29, 1.82) is 0 Å². The van der Waals surface area contributed by atoms with Crippen LogP contribution in [-0.2, 0) is 6.54 Å². The molecule has 6 nitrogen and oxygen atoms in total. The summed E-state index contributed by atoms with van der Waals surface area (Å²) in [4.78, 5) is 21.8. The summed E-state index contributed by atoms with van der Waals surface area (Å²) in [5.41, 5.74) is 4.45. The van der Waals surface area contributed by atoms with Gasteiger partial charge in [-0.2, -0.15) is 0 Å². The Kier molecular flexibility index (Phi) is 4.04. The number of carbonyl (C=O) groups excluding carboxylic acids is 1. The number of nitrogens with one attached hydrogen (secondary N) is 1. The van der Waals surface area contributed by atoms with E-state index in [2.05, 4.69) is 15.4 Å². The minimum absolute atomic E-state index is 0.166. The standard InChI is InChI=1S/C13H15N5O/c1-18(9-10-3-2-5-15-8-10)13(19)12-7-11(17-14)4-6-16-12/h2-8H,9,14H2,1H3,(H,16,17). The van der Waals surface area contributed by atoms with Gasteiger partial charge in [0.2, 0.25) is 0 Å². The van der Waals surface area contributed by atoms with Gasteiger partial charge in [-0.15, -0.1) is 0 Å². The van der Waals surface area contributed by atoms with Gasteiger partial charge >= 0.3 is 0 Å². The van der Waals surface area contributed by atoms with Gasteiger partial charge in [0.25, 0.3) is 5.91 Å². The van der Waals surface area contributed by atoms with E-state index in [0.29, 0.717) is 17.9 Å². The first-order valence-electron chi connectivity index (χ1n) is 5.77. The molecule has 0 unspecified atom stereocenters. The number of hydrazine groups is 1. The van der Waals surface area contributed by atoms with Gasteiger partial charge in [0, 0.05) is 32.2 Å². The van der Waals surface area contributed by atoms with Gasteiger partial charge in [-0.05, 0) is 23.8 Å². The number of amides is 1. The minimum Gasteiger partial charge on any atom is -0.336 e. The lowest BCUT2D eigenvalue weighted by Gasteiger charge is -2.16. The normalized spacial score (nSPS) is 10.0. The van der Waals surface area contributed by atoms with E-state index >= 15 is 0 Å². The summed E-state index contributed by atoms with van der Waals surface area (Å²) in [7, 11) is 1.72. The van der Waals surface area contributed by atoms with Gasteiger partial charge in [0.05, 0.1) is 5.69 Å². The third-order valence-corrected chi connectivity index (χ3v) is 2.63. The number of anilines is 1. The summed E-state index contributed by atoms with van der Waals surface area (Å²) in [5.74, 6) is 5.14. The largest absolute Gasteiger partial charge is 0.336 e. The smallest absolute Gasteiger partial charge is 0.272 e. The first-order chi connectivity index (χ1) is 9.20. The molecule has 2 rings (SSSR count). The molecule has 1 amide bonds. The summed E-state index contributed by atoms with van der Waals surface area (Å²) >= 11 is 0. The lowest BCUT2D eigenvalue weighted by molar-refractivity contribution is 0.0779. The van der Waals surface area contributed by atoms with E-state index in [1.54, 1.807) is 42.7 Å². The summed E-state index contributed by atoms with van der Waals surface area (Å²) in [5, 5.41) is 0. The lowest BCUT2D eigenvalue weighted by atomic mass is 10.2. The number of nitrogen functional groups attached to an aromatic ring is 1. The van der Waals surface area contributed by atoms with Crippen LogP contribution in [0.15, 0.2) is 42.9 Å². The van der Waals surface area contributed by atoms with Crippen molar-refractivity contribution in [2.75, 3.05) is 12.5 Å². The molecule has 0 aliphatic rings. The second-order valence-corrected chi connectivity index (χ2v) is 4.10. The number of carbonyl (C=O) groups is 1. The second-order valence-electron chi connectivity index (χ2n) is 4.10. The van der Waals surface area contributed by atoms with Gasteiger partial charge in [-0.1, -0.05) is 6.07 Å². The van der Waals surface area contributed by atoms with Crippen molar-refractivity contribution in [2.24, 2.45) is 5.84 Å². The van der Waals surface area contributed by atoms with E-state index in [4.69, 9.17) is 5.84 Å². The highest BCUT2D eigenvalue weighted by Crippen LogP contribution is 2.10. The van der Waals surface area contributed by atoms with E-state index in [1.807, 2.05) is 12.1 Å². The molecular formula is C13H15N5O. The Hall–Kier alpha value is -2.47. The zero-order valence-electron chi connectivity index (χ0n) is 10.6. The fourth-order valence-electron chi connectivity index (χ4n) is 1.67. The van der Waals surface area contributed by atoms with Crippen LogP contribution in [0, 0.1) is 0 Å². The van der Waals surface area contributed by atoms with Crippen LogP contribution in [0.3, 0.4) is 0 Å². The molecule has 98 valence electrons. The third kappa shape index (κ3) is 3.26. The predicted molar refractivity (Wildman–Crippen MR) is 72.1 cm³/mol. The quantitative estimate of drug-likeness (QED) is 0.631. The van der Waals surface area contributed by atoms with E-state index in [9.17, 15) is 4.79 Å². The monoisotopic (exact) mass is 257 g/mol. The Balaban J connectivity index is 2.10. The first kappa shape index (κ1) is 13.0. The number of rotatable bonds is 4. The fourth-order valence-corrected chi connectivity index (χ4v) is 1.67. The number of aromatic nitrogens is 2. The van der Waals surface area contributed by atoms with Crippen LogP contribution in [0.5, 0.6) is 0 Å². The molecule has 0 aliphatic carbocycles.